The zero-order valence-corrected chi connectivity index (χ0v) is 15.4. The fourth-order valence-corrected chi connectivity index (χ4v) is 4.36. The average molecular weight is 331 g/mol. The van der Waals surface area contributed by atoms with Crippen LogP contribution in [0.25, 0.3) is 0 Å². The summed E-state index contributed by atoms with van der Waals surface area (Å²) in [4.78, 5) is 3.93. The van der Waals surface area contributed by atoms with Gasteiger partial charge in [-0.1, -0.05) is 32.9 Å². The molecule has 0 aliphatic heterocycles. The Balaban J connectivity index is 2.29. The third kappa shape index (κ3) is 4.64. The molecule has 23 heavy (non-hydrogen) atoms. The summed E-state index contributed by atoms with van der Waals surface area (Å²) in [5.74, 6) is 0.132. The molecule has 1 aromatic heterocycles. The van der Waals surface area contributed by atoms with Gasteiger partial charge in [0.2, 0.25) is 0 Å². The molecule has 0 N–H and O–H groups in total. The normalized spacial score (nSPS) is 12.4. The van der Waals surface area contributed by atoms with Gasteiger partial charge in [-0.2, -0.15) is 0 Å². The Morgan fingerprint density at radius 1 is 0.957 bits per heavy atom. The van der Waals surface area contributed by atoms with Crippen LogP contribution in [0.3, 0.4) is 0 Å². The summed E-state index contributed by atoms with van der Waals surface area (Å²) in [6, 6.07) is 7.73. The Morgan fingerprint density at radius 2 is 1.48 bits per heavy atom. The van der Waals surface area contributed by atoms with Crippen molar-refractivity contribution in [3.8, 4) is 0 Å². The lowest BCUT2D eigenvalue weighted by atomic mass is 9.84. The monoisotopic (exact) mass is 331 g/mol. The van der Waals surface area contributed by atoms with Gasteiger partial charge < -0.3 is 0 Å². The van der Waals surface area contributed by atoms with Gasteiger partial charge in [0, 0.05) is 12.4 Å². The average Bonchev–Trinajstić information content (AvgIpc) is 2.42. The summed E-state index contributed by atoms with van der Waals surface area (Å²) < 4.78 is 25.1. The molecule has 0 unspecified atom stereocenters. The van der Waals surface area contributed by atoms with E-state index in [9.17, 15) is 8.42 Å². The number of aromatic nitrogens is 1. The van der Waals surface area contributed by atoms with Gasteiger partial charge in [0.05, 0.1) is 11.5 Å². The summed E-state index contributed by atoms with van der Waals surface area (Å²) in [6.07, 6.45) is 3.25. The number of hydrogen-bond donors (Lipinski definition) is 0. The first-order valence-corrected chi connectivity index (χ1v) is 9.60. The van der Waals surface area contributed by atoms with E-state index >= 15 is 0 Å². The summed E-state index contributed by atoms with van der Waals surface area (Å²) >= 11 is 0. The molecule has 0 spiro atoms. The molecule has 2 rings (SSSR count). The smallest absolute Gasteiger partial charge is 0.158 e. The maximum absolute atomic E-state index is 12.5. The van der Waals surface area contributed by atoms with Crippen LogP contribution in [0, 0.1) is 13.8 Å². The molecule has 1 aromatic carbocycles. The molecule has 0 radical (unpaired) electrons. The first-order valence-electron chi connectivity index (χ1n) is 7.78. The number of sulfone groups is 1. The van der Waals surface area contributed by atoms with E-state index in [1.807, 2.05) is 13.8 Å². The number of rotatable bonds is 4. The minimum absolute atomic E-state index is 0.0510. The quantitative estimate of drug-likeness (QED) is 0.847. The highest BCUT2D eigenvalue weighted by Gasteiger charge is 2.20. The summed E-state index contributed by atoms with van der Waals surface area (Å²) in [5.41, 5.74) is 5.10. The zero-order valence-electron chi connectivity index (χ0n) is 14.6. The van der Waals surface area contributed by atoms with E-state index in [1.165, 1.54) is 5.56 Å². The second-order valence-electron chi connectivity index (χ2n) is 7.23. The van der Waals surface area contributed by atoms with Crippen LogP contribution in [-0.2, 0) is 26.8 Å². The standard InChI is InChI=1S/C19H25NO2S/c1-14-10-17(19(3,4)5)11-15(2)18(14)13-23(21,22)12-16-6-8-20-9-7-16/h6-11H,12-13H2,1-5H3. The van der Waals surface area contributed by atoms with Crippen LogP contribution < -0.4 is 0 Å². The lowest BCUT2D eigenvalue weighted by Gasteiger charge is -2.22. The molecule has 2 aromatic rings. The molecule has 124 valence electrons. The Morgan fingerprint density at radius 3 is 1.96 bits per heavy atom. The molecular weight excluding hydrogens is 306 g/mol. The molecule has 0 aliphatic rings. The topological polar surface area (TPSA) is 47.0 Å². The van der Waals surface area contributed by atoms with Crippen LogP contribution in [0.15, 0.2) is 36.7 Å². The lowest BCUT2D eigenvalue weighted by Crippen LogP contribution is -2.14. The van der Waals surface area contributed by atoms with E-state index in [-0.39, 0.29) is 16.9 Å². The third-order valence-corrected chi connectivity index (χ3v) is 5.56. The maximum Gasteiger partial charge on any atom is 0.158 e. The number of aryl methyl sites for hydroxylation is 2. The van der Waals surface area contributed by atoms with Crippen LogP contribution in [0.4, 0.5) is 0 Å². The Bertz CT molecular complexity index is 765. The molecule has 0 bridgehead atoms. The zero-order chi connectivity index (χ0) is 17.3. The van der Waals surface area contributed by atoms with Crippen molar-refractivity contribution in [3.63, 3.8) is 0 Å². The SMILES string of the molecule is Cc1cc(C(C)(C)C)cc(C)c1CS(=O)(=O)Cc1ccncc1. The largest absolute Gasteiger partial charge is 0.265 e. The van der Waals surface area contributed by atoms with Gasteiger partial charge in [0.1, 0.15) is 0 Å². The van der Waals surface area contributed by atoms with Crippen molar-refractivity contribution in [2.45, 2.75) is 51.5 Å². The second-order valence-corrected chi connectivity index (χ2v) is 9.29. The third-order valence-electron chi connectivity index (χ3n) is 4.06. The molecule has 3 nitrogen and oxygen atoms in total. The Labute approximate surface area is 139 Å². The molecule has 0 saturated heterocycles. The van der Waals surface area contributed by atoms with Gasteiger partial charge in [-0.15, -0.1) is 0 Å². The van der Waals surface area contributed by atoms with E-state index in [0.717, 1.165) is 22.3 Å². The summed E-state index contributed by atoms with van der Waals surface area (Å²) in [7, 11) is -3.21. The van der Waals surface area contributed by atoms with E-state index in [4.69, 9.17) is 0 Å². The van der Waals surface area contributed by atoms with Crippen LogP contribution in [0.5, 0.6) is 0 Å². The first kappa shape index (κ1) is 17.7. The van der Waals surface area contributed by atoms with Crippen molar-refractivity contribution in [2.24, 2.45) is 0 Å². The van der Waals surface area contributed by atoms with Gasteiger partial charge in [0.15, 0.2) is 9.84 Å². The van der Waals surface area contributed by atoms with Gasteiger partial charge in [-0.25, -0.2) is 8.42 Å². The first-order chi connectivity index (χ1) is 10.6. The van der Waals surface area contributed by atoms with E-state index < -0.39 is 9.84 Å². The van der Waals surface area contributed by atoms with E-state index in [2.05, 4.69) is 37.9 Å². The lowest BCUT2D eigenvalue weighted by molar-refractivity contribution is 0.588. The Kier molecular flexibility index (Phi) is 4.95. The summed E-state index contributed by atoms with van der Waals surface area (Å²) in [5, 5.41) is 0. The van der Waals surface area contributed by atoms with Crippen molar-refractivity contribution in [1.82, 2.24) is 4.98 Å². The van der Waals surface area contributed by atoms with Crippen LogP contribution in [-0.4, -0.2) is 13.4 Å². The molecule has 1 heterocycles. The highest BCUT2D eigenvalue weighted by molar-refractivity contribution is 7.89. The fraction of sp³-hybridized carbons (Fsp3) is 0.421. The van der Waals surface area contributed by atoms with Gasteiger partial charge in [0.25, 0.3) is 0 Å². The molecule has 4 heteroatoms. The van der Waals surface area contributed by atoms with E-state index in [0.29, 0.717) is 0 Å². The number of benzene rings is 1. The van der Waals surface area contributed by atoms with Crippen molar-refractivity contribution in [3.05, 3.63) is 64.5 Å². The maximum atomic E-state index is 12.5. The van der Waals surface area contributed by atoms with Crippen LogP contribution in [0.1, 0.15) is 48.6 Å². The minimum atomic E-state index is -3.21. The van der Waals surface area contributed by atoms with Crippen molar-refractivity contribution in [1.29, 1.82) is 0 Å². The van der Waals surface area contributed by atoms with E-state index in [1.54, 1.807) is 24.5 Å². The van der Waals surface area contributed by atoms with Crippen molar-refractivity contribution in [2.75, 3.05) is 0 Å². The molecule has 0 amide bonds. The molecule has 0 aliphatic carbocycles. The highest BCUT2D eigenvalue weighted by Crippen LogP contribution is 2.28. The molecular formula is C19H25NO2S. The van der Waals surface area contributed by atoms with Crippen LogP contribution >= 0.6 is 0 Å². The Hall–Kier alpha value is -1.68. The predicted molar refractivity (Wildman–Crippen MR) is 95.2 cm³/mol. The van der Waals surface area contributed by atoms with Crippen molar-refractivity contribution < 1.29 is 8.42 Å². The second kappa shape index (κ2) is 6.44. The van der Waals surface area contributed by atoms with Gasteiger partial charge in [-0.05, 0) is 59.2 Å². The van der Waals surface area contributed by atoms with Gasteiger partial charge in [-0.3, -0.25) is 4.98 Å². The van der Waals surface area contributed by atoms with Crippen molar-refractivity contribution >= 4 is 9.84 Å². The number of hydrogen-bond acceptors (Lipinski definition) is 3. The molecule has 0 fully saturated rings. The molecule has 0 saturated carbocycles. The summed E-state index contributed by atoms with van der Waals surface area (Å²) in [6.45, 7) is 10.5. The molecule has 0 atom stereocenters. The van der Waals surface area contributed by atoms with Crippen LogP contribution in [0.2, 0.25) is 0 Å². The van der Waals surface area contributed by atoms with Gasteiger partial charge >= 0.3 is 0 Å². The fourth-order valence-electron chi connectivity index (χ4n) is 2.66. The number of nitrogens with zero attached hydrogens (tertiary/aromatic N) is 1. The minimum Gasteiger partial charge on any atom is -0.265 e. The number of pyridine rings is 1. The predicted octanol–water partition coefficient (Wildman–Crippen LogP) is 4.11. The highest BCUT2D eigenvalue weighted by atomic mass is 32.2.